The van der Waals surface area contributed by atoms with Gasteiger partial charge in [-0.15, -0.1) is 0 Å². The largest absolute Gasteiger partial charge is 0.497 e. The molecule has 3 N–H and O–H groups in total. The number of hydrogen-bond donors (Lipinski definition) is 2. The van der Waals surface area contributed by atoms with Crippen LogP contribution < -0.4 is 19.9 Å². The number of ether oxygens (including phenoxy) is 3. The van der Waals surface area contributed by atoms with Crippen molar-refractivity contribution in [2.75, 3.05) is 33.2 Å². The Balaban J connectivity index is 0.000000697. The van der Waals surface area contributed by atoms with Gasteiger partial charge in [0, 0.05) is 18.2 Å². The molecule has 2 rings (SSSR count). The van der Waals surface area contributed by atoms with Gasteiger partial charge in [0.25, 0.3) is 0 Å². The van der Waals surface area contributed by atoms with Gasteiger partial charge >= 0.3 is 5.51 Å². The minimum absolute atomic E-state index is 0.0649. The highest BCUT2D eigenvalue weighted by Crippen LogP contribution is 2.37. The maximum atomic E-state index is 11.0. The zero-order valence-corrected chi connectivity index (χ0v) is 22.3. The summed E-state index contributed by atoms with van der Waals surface area (Å²) >= 11 is 6.43. The fraction of sp³-hybridized carbons (Fsp3) is 0.500. The van der Waals surface area contributed by atoms with E-state index in [2.05, 4.69) is 0 Å². The number of halogens is 4. The molecule has 0 aliphatic rings. The predicted molar refractivity (Wildman–Crippen MR) is 134 cm³/mol. The summed E-state index contributed by atoms with van der Waals surface area (Å²) in [6, 6.07) is 11.7. The van der Waals surface area contributed by atoms with Crippen molar-refractivity contribution in [3.63, 3.8) is 0 Å². The van der Waals surface area contributed by atoms with Gasteiger partial charge < -0.3 is 25.1 Å². The number of hydrogen-bond acceptors (Lipinski definition) is 7. The molecule has 0 spiro atoms. The Morgan fingerprint density at radius 2 is 1.64 bits per heavy atom. The van der Waals surface area contributed by atoms with Gasteiger partial charge in [-0.05, 0) is 62.1 Å². The molecule has 1 atom stereocenters. The molecule has 2 aromatic rings. The van der Waals surface area contributed by atoms with E-state index in [1.54, 1.807) is 7.11 Å². The van der Waals surface area contributed by atoms with Crippen LogP contribution in [-0.4, -0.2) is 57.8 Å². The van der Waals surface area contributed by atoms with Crippen molar-refractivity contribution < 1.29 is 40.9 Å². The summed E-state index contributed by atoms with van der Waals surface area (Å²) < 4.78 is 68.8. The summed E-state index contributed by atoms with van der Waals surface area (Å²) in [6.07, 6.45) is 2.19. The molecule has 0 bridgehead atoms. The van der Waals surface area contributed by atoms with Crippen LogP contribution in [0.3, 0.4) is 0 Å². The van der Waals surface area contributed by atoms with E-state index < -0.39 is 20.9 Å². The van der Waals surface area contributed by atoms with Crippen molar-refractivity contribution in [3.05, 3.63) is 52.5 Å². The lowest BCUT2D eigenvalue weighted by atomic mass is 9.95. The van der Waals surface area contributed by atoms with Crippen molar-refractivity contribution in [2.45, 2.75) is 44.2 Å². The van der Waals surface area contributed by atoms with Gasteiger partial charge in [0.15, 0.2) is 11.5 Å². The van der Waals surface area contributed by atoms with Gasteiger partial charge in [-0.1, -0.05) is 23.7 Å². The van der Waals surface area contributed by atoms with E-state index >= 15 is 0 Å². The summed E-state index contributed by atoms with van der Waals surface area (Å²) in [5.74, 6) is 2.00. The van der Waals surface area contributed by atoms with Crippen LogP contribution in [-0.2, 0) is 22.7 Å². The Labute approximate surface area is 215 Å². The average molecular weight is 556 g/mol. The van der Waals surface area contributed by atoms with Crippen LogP contribution in [0.4, 0.5) is 13.2 Å². The van der Waals surface area contributed by atoms with Gasteiger partial charge in [0.1, 0.15) is 5.75 Å². The Morgan fingerprint density at radius 1 is 1.06 bits per heavy atom. The topological polar surface area (TPSA) is 108 Å². The summed E-state index contributed by atoms with van der Waals surface area (Å²) in [7, 11) is -3.25. The molecule has 0 unspecified atom stereocenters. The van der Waals surface area contributed by atoms with E-state index in [4.69, 9.17) is 31.5 Å². The number of benzene rings is 2. The monoisotopic (exact) mass is 555 g/mol. The van der Waals surface area contributed by atoms with Crippen LogP contribution in [0, 0.1) is 0 Å². The first-order valence-corrected chi connectivity index (χ1v) is 13.3. The van der Waals surface area contributed by atoms with Crippen molar-refractivity contribution >= 4 is 21.4 Å². The minimum atomic E-state index is -5.09. The second-order valence-corrected chi connectivity index (χ2v) is 10.7. The summed E-state index contributed by atoms with van der Waals surface area (Å²) in [5, 5.41) is 9.81. The minimum Gasteiger partial charge on any atom is -0.494 e. The van der Waals surface area contributed by atoms with Crippen molar-refractivity contribution in [1.29, 1.82) is 0 Å². The third-order valence-corrected chi connectivity index (χ3v) is 6.05. The third-order valence-electron chi connectivity index (χ3n) is 4.93. The predicted octanol–water partition coefficient (Wildman–Crippen LogP) is 4.56. The number of methoxy groups -OCH3 is 1. The standard InChI is InChI=1S/C22H30ClNO4.C2H3F3O2S/c1-4-27-18-7-5-16(6-8-18)10-12-28-21-19(23)13-17(14-20(21)26-3)9-11-22(2,24)15-25;1-8(6,7)2(3,4)5/h5-8,13-14,25H,4,9-12,15,24H2,1-3H3;1H3/t22-;/m1./s1. The summed E-state index contributed by atoms with van der Waals surface area (Å²) in [6.45, 7) is 4.86. The van der Waals surface area contributed by atoms with Crippen LogP contribution in [0.2, 0.25) is 5.02 Å². The number of alkyl halides is 3. The fourth-order valence-corrected chi connectivity index (χ4v) is 3.04. The van der Waals surface area contributed by atoms with Gasteiger partial charge in [0.05, 0.1) is 32.0 Å². The molecule has 204 valence electrons. The van der Waals surface area contributed by atoms with Crippen molar-refractivity contribution in [1.82, 2.24) is 0 Å². The molecule has 0 radical (unpaired) electrons. The maximum Gasteiger partial charge on any atom is 0.497 e. The lowest BCUT2D eigenvalue weighted by Crippen LogP contribution is -2.40. The summed E-state index contributed by atoms with van der Waals surface area (Å²) in [5.41, 5.74) is 2.44. The number of nitrogens with two attached hydrogens (primary N) is 1. The zero-order valence-electron chi connectivity index (χ0n) is 20.7. The number of rotatable bonds is 11. The molecule has 0 aliphatic heterocycles. The van der Waals surface area contributed by atoms with Crippen LogP contribution >= 0.6 is 11.6 Å². The van der Waals surface area contributed by atoms with E-state index in [9.17, 15) is 26.7 Å². The Hall–Kier alpha value is -2.21. The molecule has 0 saturated heterocycles. The molecule has 36 heavy (non-hydrogen) atoms. The lowest BCUT2D eigenvalue weighted by molar-refractivity contribution is -0.0429. The first-order valence-electron chi connectivity index (χ1n) is 11.0. The van der Waals surface area contributed by atoms with Crippen molar-refractivity contribution in [2.24, 2.45) is 5.73 Å². The molecule has 0 saturated carbocycles. The smallest absolute Gasteiger partial charge is 0.494 e. The van der Waals surface area contributed by atoms with Gasteiger partial charge in [-0.25, -0.2) is 8.42 Å². The molecule has 0 heterocycles. The van der Waals surface area contributed by atoms with Crippen LogP contribution in [0.25, 0.3) is 0 Å². The molecule has 0 amide bonds. The number of aryl methyl sites for hydroxylation is 1. The van der Waals surface area contributed by atoms with Crippen LogP contribution in [0.15, 0.2) is 36.4 Å². The second-order valence-electron chi connectivity index (χ2n) is 8.31. The lowest BCUT2D eigenvalue weighted by Gasteiger charge is -2.22. The molecule has 0 fully saturated rings. The van der Waals surface area contributed by atoms with E-state index in [0.717, 1.165) is 23.3 Å². The van der Waals surface area contributed by atoms with E-state index in [1.807, 2.05) is 50.2 Å². The van der Waals surface area contributed by atoms with Crippen LogP contribution in [0.5, 0.6) is 17.2 Å². The summed E-state index contributed by atoms with van der Waals surface area (Å²) in [4.78, 5) is 0. The van der Waals surface area contributed by atoms with Crippen LogP contribution in [0.1, 0.15) is 31.4 Å². The van der Waals surface area contributed by atoms with E-state index in [1.165, 1.54) is 0 Å². The first-order chi connectivity index (χ1) is 16.6. The quantitative estimate of drug-likeness (QED) is 0.418. The van der Waals surface area contributed by atoms with E-state index in [-0.39, 0.29) is 12.9 Å². The zero-order chi connectivity index (χ0) is 27.6. The van der Waals surface area contributed by atoms with Gasteiger partial charge in [-0.3, -0.25) is 0 Å². The molecule has 0 aromatic heterocycles. The maximum absolute atomic E-state index is 11.0. The fourth-order valence-electron chi connectivity index (χ4n) is 2.76. The number of sulfone groups is 1. The normalized spacial score (nSPS) is 13.3. The second kappa shape index (κ2) is 13.9. The number of aliphatic hydroxyl groups is 1. The molecule has 2 aromatic carbocycles. The van der Waals surface area contributed by atoms with Gasteiger partial charge in [0.2, 0.25) is 9.84 Å². The average Bonchev–Trinajstić information content (AvgIpc) is 2.79. The Bertz CT molecular complexity index is 1060. The highest BCUT2D eigenvalue weighted by molar-refractivity contribution is 7.91. The van der Waals surface area contributed by atoms with Crippen molar-refractivity contribution in [3.8, 4) is 17.2 Å². The molecular weight excluding hydrogens is 523 g/mol. The first kappa shape index (κ1) is 31.8. The van der Waals surface area contributed by atoms with E-state index in [0.29, 0.717) is 42.6 Å². The molecule has 7 nitrogen and oxygen atoms in total. The Kier molecular flexibility index (Phi) is 12.3. The molecular formula is C24H33ClF3NO6S. The highest BCUT2D eigenvalue weighted by atomic mass is 35.5. The third kappa shape index (κ3) is 10.8. The highest BCUT2D eigenvalue weighted by Gasteiger charge is 2.41. The molecule has 12 heteroatoms. The SMILES string of the molecule is CCOc1ccc(CCOc2c(Cl)cc(CC[C@@](C)(N)CO)cc2OC)cc1.CS(=O)(=O)C(F)(F)F. The Morgan fingerprint density at radius 3 is 2.11 bits per heavy atom. The molecule has 0 aliphatic carbocycles. The number of aliphatic hydroxyl groups excluding tert-OH is 1. The van der Waals surface area contributed by atoms with Gasteiger partial charge in [-0.2, -0.15) is 13.2 Å².